The zero-order valence-electron chi connectivity index (χ0n) is 18.4. The smallest absolute Gasteiger partial charge is 0.257 e. The number of hydrogen-bond acceptors (Lipinski definition) is 4. The van der Waals surface area contributed by atoms with Crippen LogP contribution in [0.2, 0.25) is 0 Å². The van der Waals surface area contributed by atoms with Gasteiger partial charge in [0, 0.05) is 35.6 Å². The van der Waals surface area contributed by atoms with Crippen LogP contribution in [0.5, 0.6) is 5.75 Å². The second-order valence-electron chi connectivity index (χ2n) is 7.73. The van der Waals surface area contributed by atoms with Crippen molar-refractivity contribution in [2.45, 2.75) is 0 Å². The standard InChI is InChI=1S/C28H23N3O2/c1-29-21-12-8-20(9-13-21)26-23(18-6-4-3-5-7-18)16-24-27(31-26)25(17-30-28(24)32)19-10-14-22(33-2)15-11-19/h3-17,29H,1-2H3,(H,30,32). The average Bonchev–Trinajstić information content (AvgIpc) is 2.89. The Bertz CT molecular complexity index is 1470. The molecule has 0 spiro atoms. The number of anilines is 1. The summed E-state index contributed by atoms with van der Waals surface area (Å²) in [7, 11) is 3.54. The van der Waals surface area contributed by atoms with Crippen molar-refractivity contribution in [3.63, 3.8) is 0 Å². The van der Waals surface area contributed by atoms with Crippen LogP contribution in [0.3, 0.4) is 0 Å². The minimum atomic E-state index is -0.163. The van der Waals surface area contributed by atoms with E-state index in [2.05, 4.69) is 10.3 Å². The Labute approximate surface area is 191 Å². The van der Waals surface area contributed by atoms with Crippen molar-refractivity contribution in [3.8, 4) is 39.3 Å². The summed E-state index contributed by atoms with van der Waals surface area (Å²) in [4.78, 5) is 20.8. The molecule has 0 saturated carbocycles. The minimum Gasteiger partial charge on any atom is -0.497 e. The Balaban J connectivity index is 1.80. The molecule has 5 rings (SSSR count). The fraction of sp³-hybridized carbons (Fsp3) is 0.0714. The first-order valence-corrected chi connectivity index (χ1v) is 10.7. The summed E-state index contributed by atoms with van der Waals surface area (Å²) < 4.78 is 5.29. The molecule has 0 amide bonds. The molecule has 0 atom stereocenters. The zero-order valence-corrected chi connectivity index (χ0v) is 18.4. The lowest BCUT2D eigenvalue weighted by Gasteiger charge is -2.14. The van der Waals surface area contributed by atoms with E-state index >= 15 is 0 Å². The molecule has 2 heterocycles. The Morgan fingerprint density at radius 3 is 2.15 bits per heavy atom. The predicted molar refractivity (Wildman–Crippen MR) is 135 cm³/mol. The molecule has 0 aliphatic heterocycles. The molecule has 0 aliphatic rings. The third-order valence-corrected chi connectivity index (χ3v) is 5.80. The SMILES string of the molecule is CNc1ccc(-c2nc3c(-c4ccc(OC)cc4)c[nH]c(=O)c3cc2-c2ccccc2)cc1. The van der Waals surface area contributed by atoms with Crippen LogP contribution in [0, 0.1) is 0 Å². The second kappa shape index (κ2) is 8.63. The highest BCUT2D eigenvalue weighted by molar-refractivity contribution is 5.98. The van der Waals surface area contributed by atoms with Gasteiger partial charge in [-0.3, -0.25) is 4.79 Å². The molecule has 0 saturated heterocycles. The number of benzene rings is 3. The van der Waals surface area contributed by atoms with E-state index in [1.54, 1.807) is 13.3 Å². The van der Waals surface area contributed by atoms with Gasteiger partial charge in [0.15, 0.2) is 0 Å². The summed E-state index contributed by atoms with van der Waals surface area (Å²) in [6.07, 6.45) is 1.73. The summed E-state index contributed by atoms with van der Waals surface area (Å²) in [5.74, 6) is 0.775. The van der Waals surface area contributed by atoms with E-state index in [9.17, 15) is 4.79 Å². The van der Waals surface area contributed by atoms with Crippen LogP contribution in [0.15, 0.2) is 95.9 Å². The molecule has 0 bridgehead atoms. The molecular formula is C28H23N3O2. The quantitative estimate of drug-likeness (QED) is 0.358. The van der Waals surface area contributed by atoms with Crippen LogP contribution in [-0.2, 0) is 0 Å². The van der Waals surface area contributed by atoms with Crippen molar-refractivity contribution in [1.29, 1.82) is 0 Å². The molecule has 5 nitrogen and oxygen atoms in total. The molecule has 0 fully saturated rings. The maximum Gasteiger partial charge on any atom is 0.257 e. The molecule has 0 unspecified atom stereocenters. The third kappa shape index (κ3) is 3.85. The Hall–Kier alpha value is -4.38. The first-order valence-electron chi connectivity index (χ1n) is 10.7. The fourth-order valence-electron chi connectivity index (χ4n) is 4.02. The van der Waals surface area contributed by atoms with E-state index in [-0.39, 0.29) is 5.56 Å². The summed E-state index contributed by atoms with van der Waals surface area (Å²) >= 11 is 0. The molecule has 0 aliphatic carbocycles. The van der Waals surface area contributed by atoms with Crippen molar-refractivity contribution < 1.29 is 4.74 Å². The summed E-state index contributed by atoms with van der Waals surface area (Å²) in [5, 5.41) is 3.71. The van der Waals surface area contributed by atoms with Crippen molar-refractivity contribution >= 4 is 16.6 Å². The molecule has 2 N–H and O–H groups in total. The molecule has 5 heteroatoms. The van der Waals surface area contributed by atoms with Crippen LogP contribution in [0.1, 0.15) is 0 Å². The van der Waals surface area contributed by atoms with Gasteiger partial charge in [0.1, 0.15) is 5.75 Å². The first kappa shape index (κ1) is 20.5. The highest BCUT2D eigenvalue weighted by Gasteiger charge is 2.16. The van der Waals surface area contributed by atoms with Crippen molar-refractivity contribution in [1.82, 2.24) is 9.97 Å². The summed E-state index contributed by atoms with van der Waals surface area (Å²) in [6.45, 7) is 0. The Kier molecular flexibility index (Phi) is 5.37. The van der Waals surface area contributed by atoms with Gasteiger partial charge in [0.25, 0.3) is 5.56 Å². The average molecular weight is 434 g/mol. The van der Waals surface area contributed by atoms with Crippen LogP contribution < -0.4 is 15.6 Å². The number of aromatic nitrogens is 2. The Morgan fingerprint density at radius 2 is 1.48 bits per heavy atom. The number of pyridine rings is 2. The maximum atomic E-state index is 12.9. The number of hydrogen-bond donors (Lipinski definition) is 2. The second-order valence-corrected chi connectivity index (χ2v) is 7.73. The van der Waals surface area contributed by atoms with Gasteiger partial charge in [-0.1, -0.05) is 54.6 Å². The van der Waals surface area contributed by atoms with E-state index < -0.39 is 0 Å². The van der Waals surface area contributed by atoms with Crippen LogP contribution >= 0.6 is 0 Å². The zero-order chi connectivity index (χ0) is 22.8. The van der Waals surface area contributed by atoms with Gasteiger partial charge in [-0.05, 0) is 41.5 Å². The van der Waals surface area contributed by atoms with Gasteiger partial charge in [0.2, 0.25) is 0 Å². The van der Waals surface area contributed by atoms with E-state index in [4.69, 9.17) is 9.72 Å². The molecule has 3 aromatic carbocycles. The van der Waals surface area contributed by atoms with E-state index in [0.717, 1.165) is 44.9 Å². The van der Waals surface area contributed by atoms with Gasteiger partial charge < -0.3 is 15.0 Å². The topological polar surface area (TPSA) is 67.0 Å². The van der Waals surface area contributed by atoms with Crippen molar-refractivity contribution in [2.75, 3.05) is 19.5 Å². The number of nitrogens with one attached hydrogen (secondary N) is 2. The van der Waals surface area contributed by atoms with Crippen LogP contribution in [0.25, 0.3) is 44.4 Å². The maximum absolute atomic E-state index is 12.9. The number of rotatable bonds is 5. The minimum absolute atomic E-state index is 0.163. The third-order valence-electron chi connectivity index (χ3n) is 5.80. The fourth-order valence-corrected chi connectivity index (χ4v) is 4.02. The lowest BCUT2D eigenvalue weighted by Crippen LogP contribution is -2.08. The number of ether oxygens (including phenoxy) is 1. The van der Waals surface area contributed by atoms with Gasteiger partial charge in [-0.2, -0.15) is 0 Å². The molecule has 33 heavy (non-hydrogen) atoms. The molecular weight excluding hydrogens is 410 g/mol. The monoisotopic (exact) mass is 433 g/mol. The highest BCUT2D eigenvalue weighted by atomic mass is 16.5. The molecule has 162 valence electrons. The lowest BCUT2D eigenvalue weighted by molar-refractivity contribution is 0.415. The van der Waals surface area contributed by atoms with E-state index in [1.807, 2.05) is 92.0 Å². The normalized spacial score (nSPS) is 10.8. The van der Waals surface area contributed by atoms with Gasteiger partial charge >= 0.3 is 0 Å². The van der Waals surface area contributed by atoms with E-state index in [0.29, 0.717) is 10.9 Å². The molecule has 0 radical (unpaired) electrons. The summed E-state index contributed by atoms with van der Waals surface area (Å²) in [6, 6.07) is 27.9. The van der Waals surface area contributed by atoms with Gasteiger partial charge in [-0.15, -0.1) is 0 Å². The number of nitrogens with zero attached hydrogens (tertiary/aromatic N) is 1. The van der Waals surface area contributed by atoms with Crippen molar-refractivity contribution in [2.24, 2.45) is 0 Å². The van der Waals surface area contributed by atoms with E-state index in [1.165, 1.54) is 0 Å². The van der Waals surface area contributed by atoms with Crippen molar-refractivity contribution in [3.05, 3.63) is 101 Å². The molecule has 5 aromatic rings. The predicted octanol–water partition coefficient (Wildman–Crippen LogP) is 5.97. The van der Waals surface area contributed by atoms with Gasteiger partial charge in [0.05, 0.1) is 23.7 Å². The Morgan fingerprint density at radius 1 is 0.818 bits per heavy atom. The van der Waals surface area contributed by atoms with Gasteiger partial charge in [-0.25, -0.2) is 4.98 Å². The number of methoxy groups -OCH3 is 1. The first-order chi connectivity index (χ1) is 16.2. The number of H-pyrrole nitrogens is 1. The number of aromatic amines is 1. The highest BCUT2D eigenvalue weighted by Crippen LogP contribution is 2.36. The van der Waals surface area contributed by atoms with Crippen LogP contribution in [0.4, 0.5) is 5.69 Å². The van der Waals surface area contributed by atoms with Crippen LogP contribution in [-0.4, -0.2) is 24.1 Å². The lowest BCUT2D eigenvalue weighted by atomic mass is 9.96. The largest absolute Gasteiger partial charge is 0.497 e. The number of fused-ring (bicyclic) bond motifs is 1. The molecule has 2 aromatic heterocycles. The summed E-state index contributed by atoms with van der Waals surface area (Å²) in [5.41, 5.74) is 7.07.